The first-order valence-electron chi connectivity index (χ1n) is 8.72. The van der Waals surface area contributed by atoms with Gasteiger partial charge in [-0.1, -0.05) is 36.4 Å². The van der Waals surface area contributed by atoms with Crippen LogP contribution in [0.5, 0.6) is 5.75 Å². The molecule has 0 atom stereocenters. The molecule has 0 saturated heterocycles. The Morgan fingerprint density at radius 1 is 1.04 bits per heavy atom. The SMILES string of the molecule is COc1ccccc1-c1nc(CN2c3cccc4cccc(c34)S2(=O)=O)cs1. The van der Waals surface area contributed by atoms with Gasteiger partial charge in [-0.05, 0) is 29.7 Å². The van der Waals surface area contributed by atoms with Crippen LogP contribution >= 0.6 is 11.3 Å². The second-order valence-corrected chi connectivity index (χ2v) is 9.18. The van der Waals surface area contributed by atoms with Crippen LogP contribution in [0.15, 0.2) is 70.9 Å². The van der Waals surface area contributed by atoms with Crippen molar-refractivity contribution in [3.63, 3.8) is 0 Å². The third kappa shape index (κ3) is 2.51. The van der Waals surface area contributed by atoms with Crippen molar-refractivity contribution in [2.45, 2.75) is 11.4 Å². The van der Waals surface area contributed by atoms with Gasteiger partial charge in [0.2, 0.25) is 0 Å². The monoisotopic (exact) mass is 408 g/mol. The van der Waals surface area contributed by atoms with Gasteiger partial charge in [-0.15, -0.1) is 11.3 Å². The molecule has 1 aliphatic heterocycles. The minimum absolute atomic E-state index is 0.196. The zero-order chi connectivity index (χ0) is 19.3. The summed E-state index contributed by atoms with van der Waals surface area (Å²) in [4.78, 5) is 5.04. The molecule has 5 nitrogen and oxygen atoms in total. The highest BCUT2D eigenvalue weighted by molar-refractivity contribution is 7.93. The maximum atomic E-state index is 13.1. The third-order valence-electron chi connectivity index (χ3n) is 4.88. The van der Waals surface area contributed by atoms with E-state index in [1.54, 1.807) is 19.2 Å². The van der Waals surface area contributed by atoms with E-state index in [1.807, 2.05) is 53.9 Å². The molecule has 0 aliphatic carbocycles. The molecule has 28 heavy (non-hydrogen) atoms. The molecule has 0 bridgehead atoms. The van der Waals surface area contributed by atoms with E-state index in [9.17, 15) is 8.42 Å². The molecular formula is C21H16N2O3S2. The number of ether oxygens (including phenoxy) is 1. The van der Waals surface area contributed by atoms with Gasteiger partial charge >= 0.3 is 0 Å². The first kappa shape index (κ1) is 17.2. The van der Waals surface area contributed by atoms with Crippen LogP contribution in [0.2, 0.25) is 0 Å². The number of hydrogen-bond acceptors (Lipinski definition) is 5. The highest BCUT2D eigenvalue weighted by Crippen LogP contribution is 2.43. The third-order valence-corrected chi connectivity index (χ3v) is 7.60. The zero-order valence-electron chi connectivity index (χ0n) is 15.0. The Morgan fingerprint density at radius 3 is 2.64 bits per heavy atom. The number of thiazole rings is 1. The quantitative estimate of drug-likeness (QED) is 0.492. The lowest BCUT2D eigenvalue weighted by Crippen LogP contribution is -2.26. The van der Waals surface area contributed by atoms with Gasteiger partial charge in [0.25, 0.3) is 10.0 Å². The van der Waals surface area contributed by atoms with E-state index in [0.29, 0.717) is 16.3 Å². The van der Waals surface area contributed by atoms with E-state index in [0.717, 1.165) is 27.1 Å². The summed E-state index contributed by atoms with van der Waals surface area (Å²) >= 11 is 1.48. The van der Waals surface area contributed by atoms with E-state index in [1.165, 1.54) is 15.6 Å². The summed E-state index contributed by atoms with van der Waals surface area (Å²) in [5, 5.41) is 4.42. The zero-order valence-corrected chi connectivity index (χ0v) is 16.6. The van der Waals surface area contributed by atoms with Gasteiger partial charge in [0.1, 0.15) is 10.8 Å². The summed E-state index contributed by atoms with van der Waals surface area (Å²) in [6.45, 7) is 0.196. The molecule has 1 aliphatic rings. The fourth-order valence-electron chi connectivity index (χ4n) is 3.60. The normalized spacial score (nSPS) is 14.5. The number of hydrogen-bond donors (Lipinski definition) is 0. The van der Waals surface area contributed by atoms with Crippen molar-refractivity contribution in [1.82, 2.24) is 4.98 Å². The summed E-state index contributed by atoms with van der Waals surface area (Å²) in [5.74, 6) is 0.745. The lowest BCUT2D eigenvalue weighted by atomic mass is 10.1. The van der Waals surface area contributed by atoms with Gasteiger partial charge < -0.3 is 4.74 Å². The lowest BCUT2D eigenvalue weighted by Gasteiger charge is -2.17. The number of sulfonamides is 1. The summed E-state index contributed by atoms with van der Waals surface area (Å²) in [6.07, 6.45) is 0. The van der Waals surface area contributed by atoms with Crippen LogP contribution < -0.4 is 9.04 Å². The smallest absolute Gasteiger partial charge is 0.265 e. The molecule has 0 unspecified atom stereocenters. The van der Waals surface area contributed by atoms with Crippen molar-refractivity contribution < 1.29 is 13.2 Å². The summed E-state index contributed by atoms with van der Waals surface area (Å²) in [6, 6.07) is 18.7. The number of rotatable bonds is 4. The van der Waals surface area contributed by atoms with Crippen molar-refractivity contribution in [1.29, 1.82) is 0 Å². The fourth-order valence-corrected chi connectivity index (χ4v) is 6.12. The van der Waals surface area contributed by atoms with E-state index in [2.05, 4.69) is 4.98 Å². The topological polar surface area (TPSA) is 59.5 Å². The number of aromatic nitrogens is 1. The van der Waals surface area contributed by atoms with Gasteiger partial charge in [0.15, 0.2) is 0 Å². The molecule has 0 saturated carbocycles. The van der Waals surface area contributed by atoms with Gasteiger partial charge in [-0.3, -0.25) is 4.31 Å². The van der Waals surface area contributed by atoms with Crippen molar-refractivity contribution in [3.05, 3.63) is 71.7 Å². The van der Waals surface area contributed by atoms with E-state index in [4.69, 9.17) is 4.74 Å². The molecule has 5 rings (SSSR count). The fraction of sp³-hybridized carbons (Fsp3) is 0.0952. The summed E-state index contributed by atoms with van der Waals surface area (Å²) < 4.78 is 33.1. The first-order valence-corrected chi connectivity index (χ1v) is 11.0. The minimum Gasteiger partial charge on any atom is -0.496 e. The molecule has 0 spiro atoms. The predicted molar refractivity (Wildman–Crippen MR) is 111 cm³/mol. The summed E-state index contributed by atoms with van der Waals surface area (Å²) in [7, 11) is -1.96. The Morgan fingerprint density at radius 2 is 1.82 bits per heavy atom. The Kier molecular flexibility index (Phi) is 3.89. The van der Waals surface area contributed by atoms with Crippen LogP contribution in [0.4, 0.5) is 5.69 Å². The highest BCUT2D eigenvalue weighted by atomic mass is 32.2. The van der Waals surface area contributed by atoms with Crippen LogP contribution in [-0.2, 0) is 16.6 Å². The van der Waals surface area contributed by atoms with Gasteiger partial charge in [-0.25, -0.2) is 13.4 Å². The molecule has 2 heterocycles. The van der Waals surface area contributed by atoms with Crippen LogP contribution in [0.1, 0.15) is 5.69 Å². The van der Waals surface area contributed by atoms with Crippen molar-refractivity contribution >= 4 is 37.8 Å². The van der Waals surface area contributed by atoms with Crippen LogP contribution in [0.25, 0.3) is 21.3 Å². The Balaban J connectivity index is 1.55. The molecule has 0 radical (unpaired) electrons. The molecule has 4 aromatic rings. The number of nitrogens with zero attached hydrogens (tertiary/aromatic N) is 2. The number of benzene rings is 3. The Labute approximate surface area is 166 Å². The van der Waals surface area contributed by atoms with Gasteiger partial charge in [0, 0.05) is 10.8 Å². The molecule has 0 amide bonds. The number of anilines is 1. The van der Waals surface area contributed by atoms with Gasteiger partial charge in [0.05, 0.1) is 35.5 Å². The maximum absolute atomic E-state index is 13.1. The van der Waals surface area contributed by atoms with Crippen LogP contribution in [0, 0.1) is 0 Å². The van der Waals surface area contributed by atoms with E-state index in [-0.39, 0.29) is 6.54 Å². The van der Waals surface area contributed by atoms with Gasteiger partial charge in [-0.2, -0.15) is 0 Å². The average Bonchev–Trinajstić information content (AvgIpc) is 3.27. The number of para-hydroxylation sites is 1. The van der Waals surface area contributed by atoms with Crippen LogP contribution in [0.3, 0.4) is 0 Å². The summed E-state index contributed by atoms with van der Waals surface area (Å²) in [5.41, 5.74) is 2.31. The molecule has 3 aromatic carbocycles. The highest BCUT2D eigenvalue weighted by Gasteiger charge is 2.35. The largest absolute Gasteiger partial charge is 0.496 e. The molecule has 0 fully saturated rings. The second-order valence-electron chi connectivity index (χ2n) is 6.49. The predicted octanol–water partition coefficient (Wildman–Crippen LogP) is 4.68. The molecule has 140 valence electrons. The standard InChI is InChI=1S/C21H16N2O3S2/c1-26-18-10-3-2-8-16(18)21-22-15(13-27-21)12-23-17-9-4-6-14-7-5-11-19(20(14)17)28(23,24)25/h2-11,13H,12H2,1H3. The Hall–Kier alpha value is -2.90. The van der Waals surface area contributed by atoms with Crippen LogP contribution in [-0.4, -0.2) is 20.5 Å². The van der Waals surface area contributed by atoms with E-state index >= 15 is 0 Å². The van der Waals surface area contributed by atoms with Crippen molar-refractivity contribution in [2.24, 2.45) is 0 Å². The molecule has 0 N–H and O–H groups in total. The first-order chi connectivity index (χ1) is 13.6. The second kappa shape index (κ2) is 6.32. The number of methoxy groups -OCH3 is 1. The van der Waals surface area contributed by atoms with Crippen molar-refractivity contribution in [2.75, 3.05) is 11.4 Å². The average molecular weight is 409 g/mol. The van der Waals surface area contributed by atoms with E-state index < -0.39 is 10.0 Å². The maximum Gasteiger partial charge on any atom is 0.265 e. The molecule has 1 aromatic heterocycles. The molecule has 7 heteroatoms. The molecular weight excluding hydrogens is 392 g/mol. The Bertz CT molecular complexity index is 1310. The van der Waals surface area contributed by atoms with Crippen molar-refractivity contribution in [3.8, 4) is 16.3 Å². The lowest BCUT2D eigenvalue weighted by molar-refractivity contribution is 0.416. The minimum atomic E-state index is -3.59.